The molecule has 1 unspecified atom stereocenters. The molecule has 0 aliphatic rings. The van der Waals surface area contributed by atoms with Crippen molar-refractivity contribution in [1.29, 1.82) is 0 Å². The van der Waals surface area contributed by atoms with Gasteiger partial charge in [-0.15, -0.1) is 0 Å². The van der Waals surface area contributed by atoms with Gasteiger partial charge in [-0.2, -0.15) is 48.3 Å². The van der Waals surface area contributed by atoms with Crippen LogP contribution in [0.2, 0.25) is 0 Å². The second-order valence-electron chi connectivity index (χ2n) is 7.08. The van der Waals surface area contributed by atoms with Gasteiger partial charge in [0, 0.05) is 16.9 Å². The van der Waals surface area contributed by atoms with Crippen molar-refractivity contribution < 1.29 is 62.6 Å². The molecule has 0 fully saturated rings. The van der Waals surface area contributed by atoms with E-state index in [9.17, 15) is 57.9 Å². The summed E-state index contributed by atoms with van der Waals surface area (Å²) in [6, 6.07) is 9.66. The molecule has 0 saturated carbocycles. The van der Waals surface area contributed by atoms with Crippen LogP contribution in [0.1, 0.15) is 15.9 Å². The Hall–Kier alpha value is -3.43. The number of para-hydroxylation sites is 1. The third-order valence-corrected chi connectivity index (χ3v) is 4.45. The Balaban J connectivity index is 2.25. The summed E-state index contributed by atoms with van der Waals surface area (Å²) in [6.45, 7) is 1.66. The predicted octanol–water partition coefficient (Wildman–Crippen LogP) is 6.22. The number of carbonyl (C=O) groups excluding carboxylic acids is 2. The number of hydrogen-bond acceptors (Lipinski definition) is 3. The molecule has 0 aliphatic heterocycles. The number of ether oxygens (including phenoxy) is 1. The Labute approximate surface area is 194 Å². The van der Waals surface area contributed by atoms with Crippen molar-refractivity contribution >= 4 is 23.2 Å². The highest BCUT2D eigenvalue weighted by molar-refractivity contribution is 6.05. The van der Waals surface area contributed by atoms with E-state index in [2.05, 4.69) is 10.1 Å². The number of nitrogens with one attached hydrogen (secondary N) is 2. The number of anilines is 2. The molecule has 5 nitrogen and oxygen atoms in total. The first-order chi connectivity index (χ1) is 16.2. The van der Waals surface area contributed by atoms with Crippen LogP contribution in [0.3, 0.4) is 0 Å². The van der Waals surface area contributed by atoms with Gasteiger partial charge in [-0.1, -0.05) is 18.2 Å². The van der Waals surface area contributed by atoms with Gasteiger partial charge < -0.3 is 10.6 Å². The zero-order valence-electron chi connectivity index (χ0n) is 17.5. The van der Waals surface area contributed by atoms with Gasteiger partial charge in [-0.3, -0.25) is 14.3 Å². The second kappa shape index (κ2) is 9.55. The van der Waals surface area contributed by atoms with Crippen LogP contribution >= 0.6 is 0 Å². The summed E-state index contributed by atoms with van der Waals surface area (Å²) in [7, 11) is 0. The minimum Gasteiger partial charge on any atom is -0.322 e. The Morgan fingerprint density at radius 1 is 0.722 bits per heavy atom. The first-order valence-corrected chi connectivity index (χ1v) is 9.29. The van der Waals surface area contributed by atoms with Gasteiger partial charge in [0.25, 0.3) is 11.8 Å². The summed E-state index contributed by atoms with van der Waals surface area (Å²) in [5.41, 5.74) is 0.120. The molecule has 2 aromatic rings. The van der Waals surface area contributed by atoms with E-state index in [4.69, 9.17) is 0 Å². The molecule has 2 N–H and O–H groups in total. The summed E-state index contributed by atoms with van der Waals surface area (Å²) in [5.74, 6) is -17.6. The quantitative estimate of drug-likeness (QED) is 0.412. The molecule has 198 valence electrons. The van der Waals surface area contributed by atoms with Crippen LogP contribution in [-0.2, 0) is 9.53 Å². The average molecular weight is 538 g/mol. The van der Waals surface area contributed by atoms with E-state index in [1.54, 1.807) is 25.1 Å². The van der Waals surface area contributed by atoms with Gasteiger partial charge >= 0.3 is 30.2 Å². The maximum absolute atomic E-state index is 14.3. The molecule has 36 heavy (non-hydrogen) atoms. The van der Waals surface area contributed by atoms with E-state index in [-0.39, 0.29) is 5.56 Å². The molecule has 1 atom stereocenters. The van der Waals surface area contributed by atoms with Crippen molar-refractivity contribution in [1.82, 2.24) is 0 Å². The predicted molar refractivity (Wildman–Crippen MR) is 101 cm³/mol. The van der Waals surface area contributed by atoms with Crippen molar-refractivity contribution in [3.63, 3.8) is 0 Å². The third-order valence-electron chi connectivity index (χ3n) is 4.45. The summed E-state index contributed by atoms with van der Waals surface area (Å²) >= 11 is 0. The zero-order chi connectivity index (χ0) is 27.7. The van der Waals surface area contributed by atoms with Gasteiger partial charge in [0.2, 0.25) is 0 Å². The van der Waals surface area contributed by atoms with Gasteiger partial charge in [0.1, 0.15) is 0 Å². The average Bonchev–Trinajstić information content (AvgIpc) is 2.73. The van der Waals surface area contributed by atoms with Crippen LogP contribution in [0, 0.1) is 6.92 Å². The topological polar surface area (TPSA) is 67.4 Å². The first kappa shape index (κ1) is 28.8. The van der Waals surface area contributed by atoms with Crippen LogP contribution in [0.4, 0.5) is 59.7 Å². The summed E-state index contributed by atoms with van der Waals surface area (Å²) < 4.78 is 144. The fraction of sp³-hybridized carbons (Fsp3) is 0.300. The third kappa shape index (κ3) is 5.68. The maximum Gasteiger partial charge on any atom is 0.462 e. The molecular formula is C20H13F11N2O3. The lowest BCUT2D eigenvalue weighted by Gasteiger charge is -2.34. The van der Waals surface area contributed by atoms with Crippen molar-refractivity contribution in [3.05, 3.63) is 59.7 Å². The minimum atomic E-state index is -7.30. The number of rotatable bonds is 7. The van der Waals surface area contributed by atoms with Gasteiger partial charge in [-0.25, -0.2) is 0 Å². The van der Waals surface area contributed by atoms with Crippen molar-refractivity contribution in [2.45, 2.75) is 37.2 Å². The minimum absolute atomic E-state index is 0.147. The standard InChI is InChI=1S/C20H13F11N2O3/c1-10-4-2-3-5-13(10)33-14(34)11-6-8-12(9-7-11)32-15(35)16(21,18(24,25)26)36-20(30,31)17(22,23)19(27,28)29/h2-9H,1H3,(H,32,35)(H,33,34). The molecular weight excluding hydrogens is 525 g/mol. The number of halogens is 11. The fourth-order valence-corrected chi connectivity index (χ4v) is 2.46. The van der Waals surface area contributed by atoms with E-state index in [0.717, 1.165) is 17.4 Å². The van der Waals surface area contributed by atoms with E-state index < -0.39 is 47.7 Å². The van der Waals surface area contributed by atoms with Crippen LogP contribution < -0.4 is 10.6 Å². The van der Waals surface area contributed by atoms with E-state index in [1.807, 2.05) is 0 Å². The number of hydrogen-bond donors (Lipinski definition) is 2. The van der Waals surface area contributed by atoms with Gasteiger partial charge in [0.15, 0.2) is 0 Å². The Bertz CT molecular complexity index is 1120. The molecule has 0 spiro atoms. The number of carbonyl (C=O) groups is 2. The molecule has 2 rings (SSSR count). The molecule has 16 heteroatoms. The first-order valence-electron chi connectivity index (χ1n) is 9.29. The lowest BCUT2D eigenvalue weighted by atomic mass is 10.1. The molecule has 0 heterocycles. The fourth-order valence-electron chi connectivity index (χ4n) is 2.46. The lowest BCUT2D eigenvalue weighted by Crippen LogP contribution is -2.62. The molecule has 0 aromatic heterocycles. The molecule has 0 saturated heterocycles. The normalized spacial score (nSPS) is 14.7. The van der Waals surface area contributed by atoms with E-state index in [0.29, 0.717) is 23.4 Å². The summed E-state index contributed by atoms with van der Waals surface area (Å²) in [6.07, 6.45) is -21.1. The number of amides is 2. The Morgan fingerprint density at radius 2 is 1.25 bits per heavy atom. The van der Waals surface area contributed by atoms with Crippen LogP contribution in [0.5, 0.6) is 0 Å². The maximum atomic E-state index is 14.3. The highest BCUT2D eigenvalue weighted by Crippen LogP contribution is 2.51. The number of benzene rings is 2. The molecule has 2 aromatic carbocycles. The van der Waals surface area contributed by atoms with E-state index in [1.165, 1.54) is 6.07 Å². The molecule has 0 aliphatic carbocycles. The number of alkyl halides is 11. The largest absolute Gasteiger partial charge is 0.462 e. The highest BCUT2D eigenvalue weighted by atomic mass is 19.4. The molecule has 0 bridgehead atoms. The van der Waals surface area contributed by atoms with Crippen molar-refractivity contribution in [3.8, 4) is 0 Å². The zero-order valence-corrected chi connectivity index (χ0v) is 17.5. The van der Waals surface area contributed by atoms with Crippen LogP contribution in [-0.4, -0.2) is 42.1 Å². The molecule has 2 amide bonds. The van der Waals surface area contributed by atoms with Crippen LogP contribution in [0.25, 0.3) is 0 Å². The Kier molecular flexibility index (Phi) is 7.64. The molecule has 0 radical (unpaired) electrons. The Morgan fingerprint density at radius 3 is 1.72 bits per heavy atom. The van der Waals surface area contributed by atoms with Gasteiger partial charge in [-0.05, 0) is 42.8 Å². The van der Waals surface area contributed by atoms with Gasteiger partial charge in [0.05, 0.1) is 0 Å². The highest BCUT2D eigenvalue weighted by Gasteiger charge is 2.79. The smallest absolute Gasteiger partial charge is 0.322 e. The van der Waals surface area contributed by atoms with Crippen molar-refractivity contribution in [2.24, 2.45) is 0 Å². The SMILES string of the molecule is Cc1ccccc1NC(=O)c1ccc(NC(=O)C(F)(OC(F)(F)C(F)(F)C(F)(F)F)C(F)(F)F)cc1. The monoisotopic (exact) mass is 538 g/mol. The van der Waals surface area contributed by atoms with Crippen LogP contribution in [0.15, 0.2) is 48.5 Å². The van der Waals surface area contributed by atoms with Crippen molar-refractivity contribution in [2.75, 3.05) is 10.6 Å². The number of aryl methyl sites for hydroxylation is 1. The second-order valence-corrected chi connectivity index (χ2v) is 7.08. The summed E-state index contributed by atoms with van der Waals surface area (Å²) in [4.78, 5) is 24.0. The van der Waals surface area contributed by atoms with E-state index >= 15 is 0 Å². The lowest BCUT2D eigenvalue weighted by molar-refractivity contribution is -0.472. The summed E-state index contributed by atoms with van der Waals surface area (Å²) in [5, 5.41) is 3.56.